The second-order valence-corrected chi connectivity index (χ2v) is 5.70. The molecular formula is C22H20N2O3. The minimum absolute atomic E-state index is 0.134. The number of para-hydroxylation sites is 1. The topological polar surface area (TPSA) is 60.5 Å². The van der Waals surface area contributed by atoms with Crippen LogP contribution in [0.5, 0.6) is 11.5 Å². The zero-order valence-corrected chi connectivity index (χ0v) is 15.2. The molecule has 2 aromatic carbocycles. The number of allylic oxidation sites excluding steroid dienone is 1. The normalized spacial score (nSPS) is 10.6. The van der Waals surface area contributed by atoms with E-state index in [1.807, 2.05) is 42.5 Å². The largest absolute Gasteiger partial charge is 0.493 e. The van der Waals surface area contributed by atoms with Crippen molar-refractivity contribution in [3.63, 3.8) is 0 Å². The Hall–Kier alpha value is -3.60. The molecule has 3 rings (SSSR count). The number of ketones is 1. The lowest BCUT2D eigenvalue weighted by Gasteiger charge is -2.09. The van der Waals surface area contributed by atoms with E-state index in [1.54, 1.807) is 44.7 Å². The molecule has 27 heavy (non-hydrogen) atoms. The van der Waals surface area contributed by atoms with Crippen molar-refractivity contribution >= 4 is 23.4 Å². The number of rotatable bonds is 7. The summed E-state index contributed by atoms with van der Waals surface area (Å²) in [4.78, 5) is 16.9. The van der Waals surface area contributed by atoms with E-state index in [4.69, 9.17) is 9.47 Å². The number of hydrogen-bond acceptors (Lipinski definition) is 5. The summed E-state index contributed by atoms with van der Waals surface area (Å²) in [6.07, 6.45) is 4.98. The molecule has 0 unspecified atom stereocenters. The van der Waals surface area contributed by atoms with Crippen LogP contribution in [0.25, 0.3) is 6.08 Å². The fourth-order valence-corrected chi connectivity index (χ4v) is 2.57. The number of benzene rings is 2. The maximum Gasteiger partial charge on any atom is 0.185 e. The van der Waals surface area contributed by atoms with Crippen LogP contribution in [-0.2, 0) is 0 Å². The van der Waals surface area contributed by atoms with Crippen LogP contribution < -0.4 is 14.8 Å². The number of nitrogens with zero attached hydrogens (tertiary/aromatic N) is 1. The molecule has 0 aliphatic rings. The van der Waals surface area contributed by atoms with Crippen LogP contribution in [0.3, 0.4) is 0 Å². The average Bonchev–Trinajstić information content (AvgIpc) is 2.73. The molecule has 0 saturated carbocycles. The third kappa shape index (κ3) is 4.52. The van der Waals surface area contributed by atoms with Gasteiger partial charge in [-0.15, -0.1) is 0 Å². The van der Waals surface area contributed by atoms with Crippen LogP contribution in [0.1, 0.15) is 15.9 Å². The fourth-order valence-electron chi connectivity index (χ4n) is 2.57. The Morgan fingerprint density at radius 2 is 1.74 bits per heavy atom. The number of aromatic nitrogens is 1. The van der Waals surface area contributed by atoms with Gasteiger partial charge in [0.15, 0.2) is 17.3 Å². The monoisotopic (exact) mass is 360 g/mol. The van der Waals surface area contributed by atoms with Crippen molar-refractivity contribution in [2.45, 2.75) is 0 Å². The van der Waals surface area contributed by atoms with E-state index in [-0.39, 0.29) is 5.78 Å². The molecule has 1 heterocycles. The van der Waals surface area contributed by atoms with Gasteiger partial charge in [0.1, 0.15) is 5.82 Å². The Kier molecular flexibility index (Phi) is 5.84. The van der Waals surface area contributed by atoms with E-state index >= 15 is 0 Å². The van der Waals surface area contributed by atoms with Gasteiger partial charge < -0.3 is 14.8 Å². The van der Waals surface area contributed by atoms with Crippen LogP contribution in [0.4, 0.5) is 11.5 Å². The van der Waals surface area contributed by atoms with Gasteiger partial charge in [-0.25, -0.2) is 4.98 Å². The quantitative estimate of drug-likeness (QED) is 0.487. The Morgan fingerprint density at radius 1 is 0.963 bits per heavy atom. The van der Waals surface area contributed by atoms with Gasteiger partial charge in [0.25, 0.3) is 0 Å². The van der Waals surface area contributed by atoms with Gasteiger partial charge in [0.05, 0.1) is 14.2 Å². The SMILES string of the molecule is COc1ccc(C(=O)/C=C/c2cccnc2Nc2ccccc2)cc1OC. The molecule has 1 aromatic heterocycles. The fraction of sp³-hybridized carbons (Fsp3) is 0.0909. The highest BCUT2D eigenvalue weighted by Gasteiger charge is 2.09. The first kappa shape index (κ1) is 18.2. The Morgan fingerprint density at radius 3 is 2.48 bits per heavy atom. The van der Waals surface area contributed by atoms with Crippen molar-refractivity contribution < 1.29 is 14.3 Å². The Balaban J connectivity index is 1.81. The number of carbonyl (C=O) groups excluding carboxylic acids is 1. The first-order valence-corrected chi connectivity index (χ1v) is 8.43. The number of hydrogen-bond donors (Lipinski definition) is 1. The number of carbonyl (C=O) groups is 1. The van der Waals surface area contributed by atoms with Gasteiger partial charge in [-0.2, -0.15) is 0 Å². The second kappa shape index (κ2) is 8.67. The average molecular weight is 360 g/mol. The van der Waals surface area contributed by atoms with Gasteiger partial charge in [-0.05, 0) is 54.6 Å². The van der Waals surface area contributed by atoms with Gasteiger partial charge in [-0.1, -0.05) is 18.2 Å². The molecule has 0 saturated heterocycles. The van der Waals surface area contributed by atoms with Crippen LogP contribution >= 0.6 is 0 Å². The molecule has 5 nitrogen and oxygen atoms in total. The second-order valence-electron chi connectivity index (χ2n) is 5.70. The van der Waals surface area contributed by atoms with Gasteiger partial charge >= 0.3 is 0 Å². The predicted molar refractivity (Wildman–Crippen MR) is 107 cm³/mol. The van der Waals surface area contributed by atoms with Crippen molar-refractivity contribution in [2.75, 3.05) is 19.5 Å². The van der Waals surface area contributed by atoms with Crippen molar-refractivity contribution in [1.82, 2.24) is 4.98 Å². The number of nitrogens with one attached hydrogen (secondary N) is 1. The maximum atomic E-state index is 12.5. The standard InChI is InChI=1S/C22H20N2O3/c1-26-20-13-11-17(15-21(20)27-2)19(25)12-10-16-7-6-14-23-22(16)24-18-8-4-3-5-9-18/h3-15H,1-2H3,(H,23,24)/b12-10+. The molecule has 0 aliphatic heterocycles. The van der Waals surface area contributed by atoms with Crippen molar-refractivity contribution in [1.29, 1.82) is 0 Å². The highest BCUT2D eigenvalue weighted by molar-refractivity contribution is 6.07. The molecule has 0 aliphatic carbocycles. The third-order valence-corrected chi connectivity index (χ3v) is 3.96. The van der Waals surface area contributed by atoms with Crippen LogP contribution in [0.15, 0.2) is 72.9 Å². The van der Waals surface area contributed by atoms with Crippen molar-refractivity contribution in [3.05, 3.63) is 84.1 Å². The lowest BCUT2D eigenvalue weighted by atomic mass is 10.1. The van der Waals surface area contributed by atoms with E-state index in [1.165, 1.54) is 6.08 Å². The van der Waals surface area contributed by atoms with E-state index < -0.39 is 0 Å². The summed E-state index contributed by atoms with van der Waals surface area (Å²) in [5.41, 5.74) is 2.26. The van der Waals surface area contributed by atoms with E-state index in [0.29, 0.717) is 22.9 Å². The summed E-state index contributed by atoms with van der Waals surface area (Å²) in [6.45, 7) is 0. The number of pyridine rings is 1. The van der Waals surface area contributed by atoms with E-state index in [9.17, 15) is 4.79 Å². The first-order valence-electron chi connectivity index (χ1n) is 8.43. The highest BCUT2D eigenvalue weighted by Crippen LogP contribution is 2.28. The van der Waals surface area contributed by atoms with Crippen LogP contribution in [0.2, 0.25) is 0 Å². The number of ether oxygens (including phenoxy) is 2. The molecule has 0 spiro atoms. The molecule has 3 aromatic rings. The molecular weight excluding hydrogens is 340 g/mol. The zero-order valence-electron chi connectivity index (χ0n) is 15.2. The highest BCUT2D eigenvalue weighted by atomic mass is 16.5. The smallest absolute Gasteiger partial charge is 0.185 e. The number of anilines is 2. The predicted octanol–water partition coefficient (Wildman–Crippen LogP) is 4.74. The summed E-state index contributed by atoms with van der Waals surface area (Å²) in [6, 6.07) is 18.6. The number of methoxy groups -OCH3 is 2. The molecule has 5 heteroatoms. The lowest BCUT2D eigenvalue weighted by Crippen LogP contribution is -1.98. The molecule has 0 fully saturated rings. The molecule has 0 atom stereocenters. The van der Waals surface area contributed by atoms with Gasteiger partial charge in [0, 0.05) is 23.0 Å². The van der Waals surface area contributed by atoms with Gasteiger partial charge in [-0.3, -0.25) is 4.79 Å². The molecule has 0 radical (unpaired) electrons. The summed E-state index contributed by atoms with van der Waals surface area (Å²) in [5.74, 6) is 1.65. The minimum Gasteiger partial charge on any atom is -0.493 e. The van der Waals surface area contributed by atoms with Crippen LogP contribution in [-0.4, -0.2) is 25.0 Å². The summed E-state index contributed by atoms with van der Waals surface area (Å²) in [7, 11) is 3.10. The summed E-state index contributed by atoms with van der Waals surface area (Å²) >= 11 is 0. The van der Waals surface area contributed by atoms with E-state index in [2.05, 4.69) is 10.3 Å². The Labute approximate surface area is 158 Å². The molecule has 0 amide bonds. The van der Waals surface area contributed by atoms with Gasteiger partial charge in [0.2, 0.25) is 0 Å². The molecule has 0 bridgehead atoms. The lowest BCUT2D eigenvalue weighted by molar-refractivity contribution is 0.104. The summed E-state index contributed by atoms with van der Waals surface area (Å²) in [5, 5.41) is 3.26. The third-order valence-electron chi connectivity index (χ3n) is 3.96. The first-order chi connectivity index (χ1) is 13.2. The summed E-state index contributed by atoms with van der Waals surface area (Å²) < 4.78 is 10.5. The van der Waals surface area contributed by atoms with Crippen molar-refractivity contribution in [2.24, 2.45) is 0 Å². The van der Waals surface area contributed by atoms with E-state index in [0.717, 1.165) is 11.3 Å². The molecule has 1 N–H and O–H groups in total. The minimum atomic E-state index is -0.134. The maximum absolute atomic E-state index is 12.5. The van der Waals surface area contributed by atoms with Crippen molar-refractivity contribution in [3.8, 4) is 11.5 Å². The Bertz CT molecular complexity index is 953. The van der Waals surface area contributed by atoms with Crippen LogP contribution in [0, 0.1) is 0 Å². The molecule has 136 valence electrons. The zero-order chi connectivity index (χ0) is 19.1.